The third-order valence-corrected chi connectivity index (χ3v) is 6.26. The Hall–Kier alpha value is -2.86. The molecule has 0 unspecified atom stereocenters. The molecule has 2 saturated heterocycles. The fraction of sp³-hybridized carbons (Fsp3) is 0.391. The summed E-state index contributed by atoms with van der Waals surface area (Å²) >= 11 is 0. The third-order valence-electron chi connectivity index (χ3n) is 6.26. The van der Waals surface area contributed by atoms with Gasteiger partial charge < -0.3 is 20.5 Å². The summed E-state index contributed by atoms with van der Waals surface area (Å²) in [5.74, 6) is -0.169. The predicted octanol–water partition coefficient (Wildman–Crippen LogP) is 2.15. The lowest BCUT2D eigenvalue weighted by atomic mass is 9.70. The minimum Gasteiger partial charge on any atom is -0.484 e. The molecule has 2 aromatic rings. The number of carbonyl (C=O) groups excluding carboxylic acids is 2. The first-order chi connectivity index (χ1) is 14.0. The molecule has 2 aliphatic heterocycles. The van der Waals surface area contributed by atoms with E-state index in [9.17, 15) is 14.7 Å². The van der Waals surface area contributed by atoms with Crippen LogP contribution in [-0.4, -0.2) is 47.1 Å². The fourth-order valence-electron chi connectivity index (χ4n) is 5.04. The van der Waals surface area contributed by atoms with Crippen LogP contribution in [-0.2, 0) is 11.2 Å². The number of rotatable bonds is 7. The number of carbonyl (C=O) groups is 2. The number of amides is 2. The molecular formula is C23H26N2O4. The molecule has 2 bridgehead atoms. The van der Waals surface area contributed by atoms with Crippen LogP contribution in [0.3, 0.4) is 0 Å². The van der Waals surface area contributed by atoms with Crippen LogP contribution in [0.5, 0.6) is 5.75 Å². The molecule has 3 N–H and O–H groups in total. The van der Waals surface area contributed by atoms with E-state index >= 15 is 0 Å². The first-order valence-corrected chi connectivity index (χ1v) is 10.0. The van der Waals surface area contributed by atoms with Gasteiger partial charge in [-0.1, -0.05) is 36.4 Å². The van der Waals surface area contributed by atoms with Gasteiger partial charge in [0.1, 0.15) is 5.75 Å². The van der Waals surface area contributed by atoms with E-state index in [4.69, 9.17) is 10.5 Å². The van der Waals surface area contributed by atoms with Crippen LogP contribution in [0.15, 0.2) is 54.6 Å². The SMILES string of the molecule is NC(=O)COc1cccc(C(=O)N2[C@H]3CC[C@@H]2[C@@](CO)(Cc2ccccc2)C3)c1. The van der Waals surface area contributed by atoms with Crippen molar-refractivity contribution in [3.8, 4) is 5.75 Å². The van der Waals surface area contributed by atoms with E-state index in [0.29, 0.717) is 11.3 Å². The third kappa shape index (κ3) is 3.72. The van der Waals surface area contributed by atoms with Gasteiger partial charge >= 0.3 is 0 Å². The normalized spacial score (nSPS) is 25.2. The molecule has 152 valence electrons. The Morgan fingerprint density at radius 3 is 2.66 bits per heavy atom. The minimum atomic E-state index is -0.562. The summed E-state index contributed by atoms with van der Waals surface area (Å²) in [7, 11) is 0. The van der Waals surface area contributed by atoms with Crippen LogP contribution >= 0.6 is 0 Å². The number of hydrogen-bond acceptors (Lipinski definition) is 4. The number of nitrogens with zero attached hydrogens (tertiary/aromatic N) is 1. The molecule has 2 fully saturated rings. The molecule has 3 atom stereocenters. The Labute approximate surface area is 170 Å². The number of fused-ring (bicyclic) bond motifs is 2. The van der Waals surface area contributed by atoms with Crippen LogP contribution in [0.2, 0.25) is 0 Å². The van der Waals surface area contributed by atoms with Crippen molar-refractivity contribution in [2.45, 2.75) is 37.8 Å². The number of aliphatic hydroxyl groups excluding tert-OH is 1. The second kappa shape index (κ2) is 7.87. The van der Waals surface area contributed by atoms with Crippen LogP contribution in [0, 0.1) is 5.41 Å². The van der Waals surface area contributed by atoms with E-state index in [1.54, 1.807) is 24.3 Å². The van der Waals surface area contributed by atoms with E-state index in [1.807, 2.05) is 23.1 Å². The summed E-state index contributed by atoms with van der Waals surface area (Å²) in [6.07, 6.45) is 3.44. The van der Waals surface area contributed by atoms with Gasteiger partial charge in [-0.15, -0.1) is 0 Å². The summed E-state index contributed by atoms with van der Waals surface area (Å²) in [4.78, 5) is 26.3. The monoisotopic (exact) mass is 394 g/mol. The lowest BCUT2D eigenvalue weighted by molar-refractivity contribution is -0.119. The summed E-state index contributed by atoms with van der Waals surface area (Å²) in [6.45, 7) is -0.161. The van der Waals surface area contributed by atoms with Crippen LogP contribution in [0.4, 0.5) is 0 Å². The Balaban J connectivity index is 1.56. The average molecular weight is 394 g/mol. The highest BCUT2D eigenvalue weighted by molar-refractivity contribution is 5.95. The molecule has 29 heavy (non-hydrogen) atoms. The quantitative estimate of drug-likeness (QED) is 0.753. The maximum atomic E-state index is 13.4. The second-order valence-electron chi connectivity index (χ2n) is 8.13. The van der Waals surface area contributed by atoms with Gasteiger partial charge in [-0.2, -0.15) is 0 Å². The standard InChI is InChI=1S/C23H26N2O4/c24-21(27)14-29-19-8-4-7-17(11-19)22(28)25-18-9-10-20(25)23(13-18,15-26)12-16-5-2-1-3-6-16/h1-8,11,18,20,26H,9-10,12-15H2,(H2,24,27)/t18-,20+,23-/m0/s1. The molecule has 0 radical (unpaired) electrons. The number of nitrogens with two attached hydrogens (primary N) is 1. The second-order valence-corrected chi connectivity index (χ2v) is 8.13. The number of benzene rings is 2. The van der Waals surface area contributed by atoms with Crippen molar-refractivity contribution in [3.63, 3.8) is 0 Å². The Bertz CT molecular complexity index is 901. The summed E-state index contributed by atoms with van der Waals surface area (Å²) in [6, 6.07) is 17.2. The van der Waals surface area contributed by atoms with Crippen molar-refractivity contribution < 1.29 is 19.4 Å². The lowest BCUT2D eigenvalue weighted by Gasteiger charge is -2.36. The number of ether oxygens (including phenoxy) is 1. The van der Waals surface area contributed by atoms with Crippen molar-refractivity contribution in [3.05, 3.63) is 65.7 Å². The number of primary amides is 1. The maximum absolute atomic E-state index is 13.4. The molecule has 2 amide bonds. The highest BCUT2D eigenvalue weighted by Gasteiger charge is 2.57. The maximum Gasteiger partial charge on any atom is 0.255 e. The van der Waals surface area contributed by atoms with Crippen molar-refractivity contribution >= 4 is 11.8 Å². The van der Waals surface area contributed by atoms with Crippen molar-refractivity contribution in [1.29, 1.82) is 0 Å². The van der Waals surface area contributed by atoms with E-state index in [1.165, 1.54) is 5.56 Å². The van der Waals surface area contributed by atoms with Crippen LogP contribution in [0.25, 0.3) is 0 Å². The van der Waals surface area contributed by atoms with E-state index in [2.05, 4.69) is 12.1 Å². The molecule has 0 spiro atoms. The zero-order valence-corrected chi connectivity index (χ0v) is 16.3. The van der Waals surface area contributed by atoms with Crippen molar-refractivity contribution in [1.82, 2.24) is 4.90 Å². The van der Waals surface area contributed by atoms with Gasteiger partial charge in [-0.05, 0) is 49.4 Å². The molecule has 2 aromatic carbocycles. The highest BCUT2D eigenvalue weighted by Crippen LogP contribution is 2.51. The fourth-order valence-corrected chi connectivity index (χ4v) is 5.04. The largest absolute Gasteiger partial charge is 0.484 e. The van der Waals surface area contributed by atoms with E-state index in [-0.39, 0.29) is 36.6 Å². The van der Waals surface area contributed by atoms with E-state index < -0.39 is 5.91 Å². The molecule has 4 rings (SSSR count). The van der Waals surface area contributed by atoms with Gasteiger partial charge in [0, 0.05) is 23.1 Å². The van der Waals surface area contributed by atoms with Gasteiger partial charge in [0.2, 0.25) is 0 Å². The first-order valence-electron chi connectivity index (χ1n) is 10.0. The van der Waals surface area contributed by atoms with Gasteiger partial charge in [0.05, 0.1) is 6.61 Å². The minimum absolute atomic E-state index is 0.0143. The molecule has 2 aliphatic rings. The van der Waals surface area contributed by atoms with Crippen molar-refractivity contribution in [2.75, 3.05) is 13.2 Å². The summed E-state index contributed by atoms with van der Waals surface area (Å²) in [5.41, 5.74) is 6.53. The summed E-state index contributed by atoms with van der Waals surface area (Å²) < 4.78 is 5.35. The molecule has 0 aromatic heterocycles. The molecule has 6 heteroatoms. The lowest BCUT2D eigenvalue weighted by Crippen LogP contribution is -2.43. The zero-order valence-electron chi connectivity index (χ0n) is 16.3. The van der Waals surface area contributed by atoms with Crippen LogP contribution < -0.4 is 10.5 Å². The highest BCUT2D eigenvalue weighted by atomic mass is 16.5. The van der Waals surface area contributed by atoms with Gasteiger partial charge in [0.25, 0.3) is 11.8 Å². The molecular weight excluding hydrogens is 368 g/mol. The molecule has 0 saturated carbocycles. The van der Waals surface area contributed by atoms with Crippen LogP contribution in [0.1, 0.15) is 35.2 Å². The Kier molecular flexibility index (Phi) is 5.28. The first kappa shape index (κ1) is 19.5. The summed E-state index contributed by atoms with van der Waals surface area (Å²) in [5, 5.41) is 10.3. The Morgan fingerprint density at radius 1 is 1.14 bits per heavy atom. The molecule has 2 heterocycles. The number of hydrogen-bond donors (Lipinski definition) is 2. The van der Waals surface area contributed by atoms with Gasteiger partial charge in [-0.3, -0.25) is 9.59 Å². The van der Waals surface area contributed by atoms with Gasteiger partial charge in [-0.25, -0.2) is 0 Å². The smallest absolute Gasteiger partial charge is 0.255 e. The zero-order chi connectivity index (χ0) is 20.4. The predicted molar refractivity (Wildman–Crippen MR) is 108 cm³/mol. The Morgan fingerprint density at radius 2 is 1.93 bits per heavy atom. The van der Waals surface area contributed by atoms with E-state index in [0.717, 1.165) is 25.7 Å². The number of aliphatic hydroxyl groups is 1. The molecule has 0 aliphatic carbocycles. The molecule has 6 nitrogen and oxygen atoms in total. The average Bonchev–Trinajstić information content (AvgIpc) is 3.29. The van der Waals surface area contributed by atoms with Gasteiger partial charge in [0.15, 0.2) is 6.61 Å². The van der Waals surface area contributed by atoms with Crippen molar-refractivity contribution in [2.24, 2.45) is 11.1 Å². The topological polar surface area (TPSA) is 92.9 Å².